The molecule has 0 fully saturated rings. The summed E-state index contributed by atoms with van der Waals surface area (Å²) in [7, 11) is 2.09. The third-order valence-electron chi connectivity index (χ3n) is 9.38. The van der Waals surface area contributed by atoms with E-state index in [9.17, 15) is 0 Å². The highest BCUT2D eigenvalue weighted by molar-refractivity contribution is 9.10. The number of hydrogen-bond donors (Lipinski definition) is 0. The number of benzene rings is 3. The molecule has 3 nitrogen and oxygen atoms in total. The molecule has 4 rings (SSSR count). The standard InChI is InChI=1S/C36H51BrO3Si/c1-6-8-10-12-14-18-24-36(25-19-15-13-11-9-7-2)32-26-28(37)22-23-31(32)35-30-21-17-16-20-29(30)34(27-33(35)36)41(38-3,39-4)40-5/h16-17,20-23,26-27H,6-15,18-19,24-25H2,1-5H3. The minimum Gasteiger partial charge on any atom is -0.373 e. The predicted molar refractivity (Wildman–Crippen MR) is 180 cm³/mol. The van der Waals surface area contributed by atoms with E-state index in [0.29, 0.717) is 0 Å². The fourth-order valence-corrected chi connectivity index (χ4v) is 9.62. The lowest BCUT2D eigenvalue weighted by atomic mass is 9.70. The molecular weight excluding hydrogens is 588 g/mol. The lowest BCUT2D eigenvalue weighted by Crippen LogP contribution is -2.55. The Labute approximate surface area is 258 Å². The zero-order chi connectivity index (χ0) is 29.3. The predicted octanol–water partition coefficient (Wildman–Crippen LogP) is 10.5. The van der Waals surface area contributed by atoms with Crippen LogP contribution in [0.5, 0.6) is 0 Å². The Balaban J connectivity index is 1.88. The van der Waals surface area contributed by atoms with E-state index in [0.717, 1.165) is 5.19 Å². The quantitative estimate of drug-likeness (QED) is 0.102. The van der Waals surface area contributed by atoms with Crippen LogP contribution in [0.1, 0.15) is 115 Å². The van der Waals surface area contributed by atoms with Gasteiger partial charge in [-0.25, -0.2) is 0 Å². The molecule has 0 amide bonds. The van der Waals surface area contributed by atoms with Crippen molar-refractivity contribution < 1.29 is 13.3 Å². The molecule has 0 aromatic heterocycles. The van der Waals surface area contributed by atoms with Gasteiger partial charge in [-0.2, -0.15) is 0 Å². The first kappa shape index (κ1) is 32.4. The summed E-state index contributed by atoms with van der Waals surface area (Å²) in [5.74, 6) is 0. The molecule has 0 saturated heterocycles. The van der Waals surface area contributed by atoms with Crippen molar-refractivity contribution in [2.45, 2.75) is 109 Å². The van der Waals surface area contributed by atoms with Gasteiger partial charge in [0.1, 0.15) is 0 Å². The van der Waals surface area contributed by atoms with Crippen molar-refractivity contribution >= 4 is 40.7 Å². The topological polar surface area (TPSA) is 27.7 Å². The van der Waals surface area contributed by atoms with Crippen molar-refractivity contribution in [2.24, 2.45) is 0 Å². The fourth-order valence-electron chi connectivity index (χ4n) is 7.23. The van der Waals surface area contributed by atoms with Gasteiger partial charge in [0.15, 0.2) is 0 Å². The molecule has 3 aromatic rings. The smallest absolute Gasteiger partial charge is 0.373 e. The van der Waals surface area contributed by atoms with E-state index in [1.54, 1.807) is 21.3 Å². The van der Waals surface area contributed by atoms with Gasteiger partial charge >= 0.3 is 8.80 Å². The van der Waals surface area contributed by atoms with Crippen LogP contribution in [0.15, 0.2) is 53.0 Å². The van der Waals surface area contributed by atoms with Crippen molar-refractivity contribution in [3.63, 3.8) is 0 Å². The molecule has 1 aliphatic carbocycles. The Morgan fingerprint density at radius 1 is 0.634 bits per heavy atom. The minimum atomic E-state index is -3.09. The van der Waals surface area contributed by atoms with Gasteiger partial charge < -0.3 is 13.3 Å². The van der Waals surface area contributed by atoms with Gasteiger partial charge in [0.25, 0.3) is 0 Å². The molecule has 0 unspecified atom stereocenters. The van der Waals surface area contributed by atoms with E-state index in [1.807, 2.05) is 0 Å². The molecule has 5 heteroatoms. The number of rotatable bonds is 18. The molecule has 1 aliphatic rings. The van der Waals surface area contributed by atoms with E-state index in [-0.39, 0.29) is 5.41 Å². The highest BCUT2D eigenvalue weighted by Crippen LogP contribution is 2.56. The first-order chi connectivity index (χ1) is 20.0. The second-order valence-electron chi connectivity index (χ2n) is 11.9. The fraction of sp³-hybridized carbons (Fsp3) is 0.556. The summed E-state index contributed by atoms with van der Waals surface area (Å²) in [5.41, 5.74) is 5.70. The van der Waals surface area contributed by atoms with Gasteiger partial charge in [-0.3, -0.25) is 0 Å². The summed E-state index contributed by atoms with van der Waals surface area (Å²) in [6.07, 6.45) is 18.0. The van der Waals surface area contributed by atoms with Crippen LogP contribution in [-0.2, 0) is 18.7 Å². The van der Waals surface area contributed by atoms with E-state index >= 15 is 0 Å². The highest BCUT2D eigenvalue weighted by Gasteiger charge is 2.48. The van der Waals surface area contributed by atoms with Crippen LogP contribution >= 0.6 is 15.9 Å². The third-order valence-corrected chi connectivity index (χ3v) is 12.6. The molecule has 0 aliphatic heterocycles. The van der Waals surface area contributed by atoms with Crippen LogP contribution in [0.4, 0.5) is 0 Å². The molecule has 0 spiro atoms. The van der Waals surface area contributed by atoms with Crippen LogP contribution in [0.3, 0.4) is 0 Å². The third kappa shape index (κ3) is 6.70. The first-order valence-corrected chi connectivity index (χ1v) is 18.6. The molecule has 41 heavy (non-hydrogen) atoms. The normalized spacial score (nSPS) is 14.0. The number of unbranched alkanes of at least 4 members (excludes halogenated alkanes) is 10. The molecule has 0 heterocycles. The largest absolute Gasteiger partial charge is 0.537 e. The van der Waals surface area contributed by atoms with Crippen LogP contribution in [0.25, 0.3) is 21.9 Å². The Morgan fingerprint density at radius 2 is 1.17 bits per heavy atom. The summed E-state index contributed by atoms with van der Waals surface area (Å²) >= 11 is 3.86. The van der Waals surface area contributed by atoms with E-state index in [4.69, 9.17) is 13.3 Å². The van der Waals surface area contributed by atoms with Gasteiger partial charge in [0.2, 0.25) is 0 Å². The molecule has 0 N–H and O–H groups in total. The average Bonchev–Trinajstić information content (AvgIpc) is 3.26. The van der Waals surface area contributed by atoms with Crippen LogP contribution < -0.4 is 5.19 Å². The van der Waals surface area contributed by atoms with Crippen LogP contribution in [0, 0.1) is 0 Å². The summed E-state index contributed by atoms with van der Waals surface area (Å²) in [6, 6.07) is 18.2. The molecular formula is C36H51BrO3Si. The van der Waals surface area contributed by atoms with Gasteiger partial charge in [0.05, 0.1) is 0 Å². The lowest BCUT2D eigenvalue weighted by Gasteiger charge is -2.34. The lowest BCUT2D eigenvalue weighted by molar-refractivity contribution is 0.140. The van der Waals surface area contributed by atoms with Gasteiger partial charge in [0, 0.05) is 36.4 Å². The molecule has 0 saturated carbocycles. The van der Waals surface area contributed by atoms with Crippen molar-refractivity contribution in [3.05, 3.63) is 64.1 Å². The number of fused-ring (bicyclic) bond motifs is 5. The van der Waals surface area contributed by atoms with Crippen molar-refractivity contribution in [3.8, 4) is 11.1 Å². The maximum atomic E-state index is 6.11. The van der Waals surface area contributed by atoms with Gasteiger partial charge in [-0.05, 0) is 58.0 Å². The first-order valence-electron chi connectivity index (χ1n) is 16.0. The molecule has 3 aromatic carbocycles. The van der Waals surface area contributed by atoms with Gasteiger partial charge in [-0.15, -0.1) is 0 Å². The molecule has 224 valence electrons. The monoisotopic (exact) mass is 638 g/mol. The molecule has 0 atom stereocenters. The minimum absolute atomic E-state index is 0.0297. The average molecular weight is 640 g/mol. The van der Waals surface area contributed by atoms with Crippen molar-refractivity contribution in [1.82, 2.24) is 0 Å². The zero-order valence-corrected chi connectivity index (χ0v) is 28.7. The summed E-state index contributed by atoms with van der Waals surface area (Å²) < 4.78 is 19.5. The highest BCUT2D eigenvalue weighted by atomic mass is 79.9. The summed E-state index contributed by atoms with van der Waals surface area (Å²) in [5, 5.41) is 3.54. The number of halogens is 1. The van der Waals surface area contributed by atoms with E-state index in [2.05, 4.69) is 78.3 Å². The molecule has 0 bridgehead atoms. The summed E-state index contributed by atoms with van der Waals surface area (Å²) in [4.78, 5) is 0. The number of hydrogen-bond acceptors (Lipinski definition) is 3. The van der Waals surface area contributed by atoms with Crippen molar-refractivity contribution in [1.29, 1.82) is 0 Å². The van der Waals surface area contributed by atoms with Crippen molar-refractivity contribution in [2.75, 3.05) is 21.3 Å². The Hall–Kier alpha value is -1.50. The van der Waals surface area contributed by atoms with Crippen LogP contribution in [0.2, 0.25) is 0 Å². The SMILES string of the molecule is CCCCCCCCC1(CCCCCCCC)c2cc(Br)ccc2-c2c1cc([Si](OC)(OC)OC)c1ccccc21. The Kier molecular flexibility index (Phi) is 12.1. The van der Waals surface area contributed by atoms with E-state index in [1.165, 1.54) is 127 Å². The second kappa shape index (κ2) is 15.3. The van der Waals surface area contributed by atoms with E-state index < -0.39 is 8.80 Å². The Morgan fingerprint density at radius 3 is 1.73 bits per heavy atom. The Bertz CT molecular complexity index is 1240. The maximum absolute atomic E-state index is 6.11. The maximum Gasteiger partial charge on any atom is 0.537 e. The van der Waals surface area contributed by atoms with Gasteiger partial charge in [-0.1, -0.05) is 143 Å². The molecule has 0 radical (unpaired) electrons. The summed E-state index contributed by atoms with van der Waals surface area (Å²) in [6.45, 7) is 4.59. The zero-order valence-electron chi connectivity index (χ0n) is 26.1. The second-order valence-corrected chi connectivity index (χ2v) is 15.7. The van der Waals surface area contributed by atoms with Crippen LogP contribution in [-0.4, -0.2) is 30.1 Å².